The fraction of sp³-hybridized carbons (Fsp3) is 0.0667. The summed E-state index contributed by atoms with van der Waals surface area (Å²) in [5.74, 6) is -0.127. The quantitative estimate of drug-likeness (QED) is 0.683. The predicted octanol–water partition coefficient (Wildman–Crippen LogP) is 3.14. The molecule has 0 radical (unpaired) electrons. The van der Waals surface area contributed by atoms with Crippen LogP contribution in [0.2, 0.25) is 0 Å². The Bertz CT molecular complexity index is 582. The maximum absolute atomic E-state index is 11.6. The Balaban J connectivity index is 1.87. The minimum absolute atomic E-state index is 0.127. The number of carbonyl (C=O) groups excluding carboxylic acids is 1. The molecular weight excluding hydrogens is 304 g/mol. The molecule has 3 nitrogen and oxygen atoms in total. The molecule has 0 aliphatic carbocycles. The van der Waals surface area contributed by atoms with Gasteiger partial charge >= 0.3 is 0 Å². The molecule has 2 aromatic carbocycles. The van der Waals surface area contributed by atoms with Gasteiger partial charge in [-0.05, 0) is 23.3 Å². The van der Waals surface area contributed by atoms with Crippen LogP contribution in [0, 0.1) is 0 Å². The summed E-state index contributed by atoms with van der Waals surface area (Å²) in [5.41, 5.74) is 4.41. The molecule has 19 heavy (non-hydrogen) atoms. The number of hydrogen-bond donors (Lipinski definition) is 1. The van der Waals surface area contributed by atoms with E-state index in [1.54, 1.807) is 6.21 Å². The summed E-state index contributed by atoms with van der Waals surface area (Å²) in [4.78, 5) is 11.6. The van der Waals surface area contributed by atoms with Gasteiger partial charge in [-0.3, -0.25) is 4.79 Å². The third kappa shape index (κ3) is 4.67. The van der Waals surface area contributed by atoms with E-state index in [2.05, 4.69) is 26.5 Å². The highest BCUT2D eigenvalue weighted by Gasteiger charge is 2.00. The summed E-state index contributed by atoms with van der Waals surface area (Å²) in [6, 6.07) is 17.3. The summed E-state index contributed by atoms with van der Waals surface area (Å²) in [7, 11) is 0. The molecular formula is C15H13BrN2O. The molecule has 0 fully saturated rings. The maximum atomic E-state index is 11.6. The number of amides is 1. The molecule has 0 saturated heterocycles. The number of hydrogen-bond acceptors (Lipinski definition) is 2. The molecule has 0 bridgehead atoms. The van der Waals surface area contributed by atoms with Gasteiger partial charge in [-0.2, -0.15) is 5.10 Å². The van der Waals surface area contributed by atoms with Crippen molar-refractivity contribution in [2.45, 2.75) is 6.42 Å². The van der Waals surface area contributed by atoms with Crippen LogP contribution >= 0.6 is 15.9 Å². The second kappa shape index (κ2) is 6.85. The van der Waals surface area contributed by atoms with E-state index in [0.29, 0.717) is 6.42 Å². The number of benzene rings is 2. The lowest BCUT2D eigenvalue weighted by Gasteiger charge is -2.00. The number of nitrogens with zero attached hydrogens (tertiary/aromatic N) is 1. The Morgan fingerprint density at radius 3 is 2.68 bits per heavy atom. The Kier molecular flexibility index (Phi) is 4.86. The molecule has 0 aliphatic rings. The lowest BCUT2D eigenvalue weighted by Crippen LogP contribution is -2.19. The first kappa shape index (κ1) is 13.5. The minimum Gasteiger partial charge on any atom is -0.273 e. The lowest BCUT2D eigenvalue weighted by atomic mass is 10.1. The molecule has 2 aromatic rings. The van der Waals surface area contributed by atoms with Gasteiger partial charge in [-0.1, -0.05) is 58.4 Å². The molecule has 0 aliphatic heterocycles. The predicted molar refractivity (Wildman–Crippen MR) is 80.0 cm³/mol. The van der Waals surface area contributed by atoms with Crippen LogP contribution in [0.5, 0.6) is 0 Å². The van der Waals surface area contributed by atoms with Crippen molar-refractivity contribution in [2.75, 3.05) is 0 Å². The zero-order valence-corrected chi connectivity index (χ0v) is 11.8. The second-order valence-electron chi connectivity index (χ2n) is 4.01. The Labute approximate surface area is 120 Å². The SMILES string of the molecule is O=C(Cc1ccccc1)NN=Cc1cccc(Br)c1. The van der Waals surface area contributed by atoms with Crippen molar-refractivity contribution in [3.63, 3.8) is 0 Å². The smallest absolute Gasteiger partial charge is 0.244 e. The molecule has 0 atom stereocenters. The average Bonchev–Trinajstić information content (AvgIpc) is 2.40. The standard InChI is InChI=1S/C15H13BrN2O/c16-14-8-4-7-13(9-14)11-17-18-15(19)10-12-5-2-1-3-6-12/h1-9,11H,10H2,(H,18,19). The van der Waals surface area contributed by atoms with E-state index < -0.39 is 0 Å². The normalized spacial score (nSPS) is 10.6. The van der Waals surface area contributed by atoms with Gasteiger partial charge in [0.25, 0.3) is 0 Å². The summed E-state index contributed by atoms with van der Waals surface area (Å²) in [6.45, 7) is 0. The second-order valence-corrected chi connectivity index (χ2v) is 4.93. The Hall–Kier alpha value is -1.94. The van der Waals surface area contributed by atoms with E-state index in [4.69, 9.17) is 0 Å². The molecule has 0 heterocycles. The van der Waals surface area contributed by atoms with Gasteiger partial charge in [0.05, 0.1) is 12.6 Å². The van der Waals surface area contributed by atoms with Crippen molar-refractivity contribution in [3.05, 3.63) is 70.2 Å². The van der Waals surface area contributed by atoms with Gasteiger partial charge in [-0.25, -0.2) is 5.43 Å². The third-order valence-corrected chi connectivity index (χ3v) is 2.95. The zero-order chi connectivity index (χ0) is 13.5. The van der Waals surface area contributed by atoms with Gasteiger partial charge in [0.2, 0.25) is 5.91 Å². The van der Waals surface area contributed by atoms with Crippen molar-refractivity contribution >= 4 is 28.1 Å². The van der Waals surface area contributed by atoms with E-state index in [9.17, 15) is 4.79 Å². The molecule has 1 N–H and O–H groups in total. The van der Waals surface area contributed by atoms with Crippen LogP contribution < -0.4 is 5.43 Å². The molecule has 96 valence electrons. The summed E-state index contributed by atoms with van der Waals surface area (Å²) in [5, 5.41) is 3.93. The molecule has 0 spiro atoms. The van der Waals surface area contributed by atoms with Crippen molar-refractivity contribution < 1.29 is 4.79 Å². The van der Waals surface area contributed by atoms with E-state index >= 15 is 0 Å². The fourth-order valence-electron chi connectivity index (χ4n) is 1.59. The Morgan fingerprint density at radius 2 is 1.95 bits per heavy atom. The molecule has 1 amide bonds. The van der Waals surface area contributed by atoms with Gasteiger partial charge in [0, 0.05) is 4.47 Å². The Morgan fingerprint density at radius 1 is 1.16 bits per heavy atom. The number of hydrazone groups is 1. The molecule has 2 rings (SSSR count). The highest BCUT2D eigenvalue weighted by molar-refractivity contribution is 9.10. The van der Waals surface area contributed by atoms with Crippen LogP contribution in [0.15, 0.2) is 64.2 Å². The summed E-state index contributed by atoms with van der Waals surface area (Å²) >= 11 is 3.38. The monoisotopic (exact) mass is 316 g/mol. The zero-order valence-electron chi connectivity index (χ0n) is 10.2. The van der Waals surface area contributed by atoms with Crippen LogP contribution in [0.1, 0.15) is 11.1 Å². The van der Waals surface area contributed by atoms with Crippen LogP contribution in [0.4, 0.5) is 0 Å². The maximum Gasteiger partial charge on any atom is 0.244 e. The number of nitrogens with one attached hydrogen (secondary N) is 1. The largest absolute Gasteiger partial charge is 0.273 e. The number of halogens is 1. The molecule has 0 saturated carbocycles. The molecule has 0 aromatic heterocycles. The van der Waals surface area contributed by atoms with Crippen molar-refractivity contribution in [3.8, 4) is 0 Å². The van der Waals surface area contributed by atoms with Gasteiger partial charge in [-0.15, -0.1) is 0 Å². The fourth-order valence-corrected chi connectivity index (χ4v) is 2.00. The average molecular weight is 317 g/mol. The first-order valence-electron chi connectivity index (χ1n) is 5.85. The van der Waals surface area contributed by atoms with Crippen LogP contribution in [-0.4, -0.2) is 12.1 Å². The van der Waals surface area contributed by atoms with E-state index in [1.165, 1.54) is 0 Å². The third-order valence-electron chi connectivity index (χ3n) is 2.46. The molecule has 0 unspecified atom stereocenters. The highest BCUT2D eigenvalue weighted by Crippen LogP contribution is 2.09. The molecule has 4 heteroatoms. The van der Waals surface area contributed by atoms with Gasteiger partial charge < -0.3 is 0 Å². The first-order chi connectivity index (χ1) is 9.24. The summed E-state index contributed by atoms with van der Waals surface area (Å²) < 4.78 is 0.979. The van der Waals surface area contributed by atoms with E-state index in [-0.39, 0.29) is 5.91 Å². The van der Waals surface area contributed by atoms with Crippen LogP contribution in [-0.2, 0) is 11.2 Å². The van der Waals surface area contributed by atoms with Crippen molar-refractivity contribution in [1.29, 1.82) is 0 Å². The van der Waals surface area contributed by atoms with E-state index in [1.807, 2.05) is 54.6 Å². The number of carbonyl (C=O) groups is 1. The van der Waals surface area contributed by atoms with Crippen molar-refractivity contribution in [2.24, 2.45) is 5.10 Å². The van der Waals surface area contributed by atoms with Gasteiger partial charge in [0.15, 0.2) is 0 Å². The lowest BCUT2D eigenvalue weighted by molar-refractivity contribution is -0.120. The summed E-state index contributed by atoms with van der Waals surface area (Å²) in [6.07, 6.45) is 1.95. The first-order valence-corrected chi connectivity index (χ1v) is 6.65. The van der Waals surface area contributed by atoms with Crippen molar-refractivity contribution in [1.82, 2.24) is 5.43 Å². The van der Waals surface area contributed by atoms with Gasteiger partial charge in [0.1, 0.15) is 0 Å². The topological polar surface area (TPSA) is 41.5 Å². The van der Waals surface area contributed by atoms with E-state index in [0.717, 1.165) is 15.6 Å². The van der Waals surface area contributed by atoms with Crippen LogP contribution in [0.25, 0.3) is 0 Å². The minimum atomic E-state index is -0.127. The highest BCUT2D eigenvalue weighted by atomic mass is 79.9. The number of rotatable bonds is 4. The van der Waals surface area contributed by atoms with Crippen LogP contribution in [0.3, 0.4) is 0 Å².